The van der Waals surface area contributed by atoms with Crippen molar-refractivity contribution in [1.82, 2.24) is 20.2 Å². The number of anilines is 1. The Morgan fingerprint density at radius 2 is 1.96 bits per heavy atom. The fourth-order valence-corrected chi connectivity index (χ4v) is 3.01. The Labute approximate surface area is 155 Å². The van der Waals surface area contributed by atoms with E-state index in [1.807, 2.05) is 55.5 Å². The summed E-state index contributed by atoms with van der Waals surface area (Å²) in [5, 5.41) is 15.2. The second kappa shape index (κ2) is 8.48. The number of aromatic nitrogens is 4. The van der Waals surface area contributed by atoms with Crippen LogP contribution in [0.2, 0.25) is 0 Å². The number of rotatable bonds is 7. The van der Waals surface area contributed by atoms with Gasteiger partial charge in [0, 0.05) is 5.69 Å². The molecular formula is C18H19N5O2S. The van der Waals surface area contributed by atoms with Crippen LogP contribution in [0.15, 0.2) is 53.7 Å². The topological polar surface area (TPSA) is 81.9 Å². The number of aryl methyl sites for hydroxylation is 1. The highest BCUT2D eigenvalue weighted by Gasteiger charge is 2.11. The van der Waals surface area contributed by atoms with E-state index in [1.165, 1.54) is 11.8 Å². The zero-order chi connectivity index (χ0) is 18.4. The van der Waals surface area contributed by atoms with Gasteiger partial charge in [-0.1, -0.05) is 42.1 Å². The average molecular weight is 369 g/mol. The lowest BCUT2D eigenvalue weighted by Crippen LogP contribution is -2.15. The van der Waals surface area contributed by atoms with Crippen molar-refractivity contribution in [3.8, 4) is 5.75 Å². The fourth-order valence-electron chi connectivity index (χ4n) is 2.33. The third-order valence-electron chi connectivity index (χ3n) is 3.74. The number of nitrogens with one attached hydrogen (secondary N) is 1. The van der Waals surface area contributed by atoms with Crippen LogP contribution in [0, 0.1) is 6.92 Å². The number of hydrogen-bond donors (Lipinski definition) is 1. The predicted octanol–water partition coefficient (Wildman–Crippen LogP) is 2.77. The van der Waals surface area contributed by atoms with Gasteiger partial charge in [0.15, 0.2) is 0 Å². The molecule has 3 rings (SSSR count). The van der Waals surface area contributed by atoms with Gasteiger partial charge in [-0.3, -0.25) is 4.79 Å². The van der Waals surface area contributed by atoms with E-state index in [4.69, 9.17) is 4.74 Å². The van der Waals surface area contributed by atoms with Crippen molar-refractivity contribution in [3.05, 3.63) is 59.7 Å². The van der Waals surface area contributed by atoms with Crippen LogP contribution >= 0.6 is 11.8 Å². The molecule has 0 atom stereocenters. The molecule has 0 fully saturated rings. The van der Waals surface area contributed by atoms with E-state index in [2.05, 4.69) is 20.8 Å². The molecule has 8 heteroatoms. The van der Waals surface area contributed by atoms with Crippen LogP contribution in [0.25, 0.3) is 0 Å². The van der Waals surface area contributed by atoms with Crippen molar-refractivity contribution in [2.45, 2.75) is 18.6 Å². The molecule has 0 saturated heterocycles. The summed E-state index contributed by atoms with van der Waals surface area (Å²) in [6.45, 7) is 2.48. The Morgan fingerprint density at radius 1 is 1.19 bits per heavy atom. The lowest BCUT2D eigenvalue weighted by Gasteiger charge is -2.08. The van der Waals surface area contributed by atoms with Crippen LogP contribution in [0.3, 0.4) is 0 Å². The molecule has 0 aliphatic carbocycles. The number of carbonyl (C=O) groups is 1. The minimum atomic E-state index is -0.0942. The molecule has 0 bridgehead atoms. The number of hydrogen-bond acceptors (Lipinski definition) is 6. The highest BCUT2D eigenvalue weighted by molar-refractivity contribution is 7.99. The first kappa shape index (κ1) is 17.9. The maximum Gasteiger partial charge on any atom is 0.234 e. The first-order valence-electron chi connectivity index (χ1n) is 8.03. The summed E-state index contributed by atoms with van der Waals surface area (Å²) >= 11 is 1.30. The van der Waals surface area contributed by atoms with Gasteiger partial charge in [-0.05, 0) is 46.7 Å². The smallest absolute Gasteiger partial charge is 0.234 e. The number of benzene rings is 2. The molecule has 0 radical (unpaired) electrons. The molecule has 0 spiro atoms. The molecule has 1 amide bonds. The van der Waals surface area contributed by atoms with Gasteiger partial charge in [0.1, 0.15) is 5.75 Å². The summed E-state index contributed by atoms with van der Waals surface area (Å²) in [4.78, 5) is 12.2. The number of para-hydroxylation sites is 1. The molecule has 1 aromatic heterocycles. The molecule has 7 nitrogen and oxygen atoms in total. The number of methoxy groups -OCH3 is 1. The second-order valence-corrected chi connectivity index (χ2v) is 6.56. The van der Waals surface area contributed by atoms with Gasteiger partial charge in [-0.25, -0.2) is 4.68 Å². The standard InChI is InChI=1S/C18H19N5O2S/c1-13-5-3-4-6-16(13)19-17(24)12-26-18-20-21-22-23(18)11-14-7-9-15(25-2)10-8-14/h3-10H,11-12H2,1-2H3,(H,19,24). The van der Waals surface area contributed by atoms with Gasteiger partial charge in [0.05, 0.1) is 19.4 Å². The summed E-state index contributed by atoms with van der Waals surface area (Å²) < 4.78 is 6.83. The number of nitrogens with zero attached hydrogens (tertiary/aromatic N) is 4. The van der Waals surface area contributed by atoms with E-state index in [1.54, 1.807) is 11.8 Å². The molecule has 2 aromatic carbocycles. The molecule has 1 heterocycles. The maximum atomic E-state index is 12.2. The summed E-state index contributed by atoms with van der Waals surface area (Å²) in [7, 11) is 1.63. The Bertz CT molecular complexity index is 879. The van der Waals surface area contributed by atoms with E-state index < -0.39 is 0 Å². The van der Waals surface area contributed by atoms with Gasteiger partial charge in [0.2, 0.25) is 11.1 Å². The second-order valence-electron chi connectivity index (χ2n) is 5.62. The quantitative estimate of drug-likeness (QED) is 0.645. The SMILES string of the molecule is COc1ccc(Cn2nnnc2SCC(=O)Nc2ccccc2C)cc1. The van der Waals surface area contributed by atoms with Gasteiger partial charge in [0.25, 0.3) is 0 Å². The van der Waals surface area contributed by atoms with E-state index in [-0.39, 0.29) is 11.7 Å². The number of amides is 1. The molecule has 0 aliphatic rings. The number of thioether (sulfide) groups is 1. The van der Waals surface area contributed by atoms with E-state index in [9.17, 15) is 4.79 Å². The summed E-state index contributed by atoms with van der Waals surface area (Å²) in [6.07, 6.45) is 0. The van der Waals surface area contributed by atoms with Crippen LogP contribution in [0.4, 0.5) is 5.69 Å². The van der Waals surface area contributed by atoms with Gasteiger partial charge >= 0.3 is 0 Å². The van der Waals surface area contributed by atoms with E-state index in [0.29, 0.717) is 11.7 Å². The fraction of sp³-hybridized carbons (Fsp3) is 0.222. The molecule has 0 unspecified atom stereocenters. The van der Waals surface area contributed by atoms with Crippen LogP contribution in [-0.2, 0) is 11.3 Å². The zero-order valence-corrected chi connectivity index (χ0v) is 15.4. The zero-order valence-electron chi connectivity index (χ0n) is 14.5. The highest BCUT2D eigenvalue weighted by atomic mass is 32.2. The molecule has 1 N–H and O–H groups in total. The number of ether oxygens (including phenoxy) is 1. The molecule has 0 saturated carbocycles. The summed E-state index contributed by atoms with van der Waals surface area (Å²) in [5.74, 6) is 0.938. The third kappa shape index (κ3) is 4.60. The van der Waals surface area contributed by atoms with E-state index >= 15 is 0 Å². The van der Waals surface area contributed by atoms with Crippen molar-refractivity contribution < 1.29 is 9.53 Å². The Balaban J connectivity index is 1.58. The third-order valence-corrected chi connectivity index (χ3v) is 4.70. The molecule has 0 aliphatic heterocycles. The maximum absolute atomic E-state index is 12.2. The average Bonchev–Trinajstić information content (AvgIpc) is 3.09. The van der Waals surface area contributed by atoms with Crippen molar-refractivity contribution in [3.63, 3.8) is 0 Å². The number of tetrazole rings is 1. The monoisotopic (exact) mass is 369 g/mol. The van der Waals surface area contributed by atoms with Crippen molar-refractivity contribution in [2.24, 2.45) is 0 Å². The lowest BCUT2D eigenvalue weighted by molar-refractivity contribution is -0.113. The molecular weight excluding hydrogens is 350 g/mol. The molecule has 3 aromatic rings. The summed E-state index contributed by atoms with van der Waals surface area (Å²) in [5.41, 5.74) is 2.88. The summed E-state index contributed by atoms with van der Waals surface area (Å²) in [6, 6.07) is 15.4. The minimum Gasteiger partial charge on any atom is -0.497 e. The molecule has 134 valence electrons. The highest BCUT2D eigenvalue weighted by Crippen LogP contribution is 2.18. The van der Waals surface area contributed by atoms with Crippen LogP contribution in [0.5, 0.6) is 5.75 Å². The van der Waals surface area contributed by atoms with Gasteiger partial charge in [-0.15, -0.1) is 5.10 Å². The first-order chi connectivity index (χ1) is 12.7. The Morgan fingerprint density at radius 3 is 2.69 bits per heavy atom. The van der Waals surface area contributed by atoms with Crippen molar-refractivity contribution in [2.75, 3.05) is 18.2 Å². The van der Waals surface area contributed by atoms with Gasteiger partial charge in [-0.2, -0.15) is 0 Å². The van der Waals surface area contributed by atoms with Gasteiger partial charge < -0.3 is 10.1 Å². The first-order valence-corrected chi connectivity index (χ1v) is 9.01. The van der Waals surface area contributed by atoms with Crippen LogP contribution < -0.4 is 10.1 Å². The molecule has 26 heavy (non-hydrogen) atoms. The largest absolute Gasteiger partial charge is 0.497 e. The van der Waals surface area contributed by atoms with Crippen LogP contribution in [0.1, 0.15) is 11.1 Å². The van der Waals surface area contributed by atoms with E-state index in [0.717, 1.165) is 22.6 Å². The normalized spacial score (nSPS) is 10.5. The number of carbonyl (C=O) groups excluding carboxylic acids is 1. The minimum absolute atomic E-state index is 0.0942. The Hall–Kier alpha value is -2.87. The Kier molecular flexibility index (Phi) is 5.85. The van der Waals surface area contributed by atoms with Crippen molar-refractivity contribution in [1.29, 1.82) is 0 Å². The predicted molar refractivity (Wildman–Crippen MR) is 100 cm³/mol. The van der Waals surface area contributed by atoms with Crippen molar-refractivity contribution >= 4 is 23.4 Å². The van der Waals surface area contributed by atoms with Crippen LogP contribution in [-0.4, -0.2) is 39.0 Å². The lowest BCUT2D eigenvalue weighted by atomic mass is 10.2.